The second-order valence-corrected chi connectivity index (χ2v) is 6.42. The molecule has 3 heterocycles. The molecule has 6 heteroatoms. The maximum Gasteiger partial charge on any atom is 0.265 e. The summed E-state index contributed by atoms with van der Waals surface area (Å²) >= 11 is 1.44. The second kappa shape index (κ2) is 5.97. The van der Waals surface area contributed by atoms with Crippen molar-refractivity contribution in [1.29, 1.82) is 0 Å². The highest BCUT2D eigenvalue weighted by molar-refractivity contribution is 7.11. The van der Waals surface area contributed by atoms with E-state index >= 15 is 0 Å². The van der Waals surface area contributed by atoms with E-state index in [9.17, 15) is 4.79 Å². The Kier molecular flexibility index (Phi) is 4.05. The normalized spacial score (nSPS) is 17.5. The Balaban J connectivity index is 1.64. The smallest absolute Gasteiger partial charge is 0.265 e. The Morgan fingerprint density at radius 3 is 3.19 bits per heavy atom. The molecule has 1 atom stereocenters. The number of hydrogen-bond donors (Lipinski definition) is 0. The summed E-state index contributed by atoms with van der Waals surface area (Å²) in [6.07, 6.45) is 6.75. The number of carbonyl (C=O) groups is 1. The third-order valence-corrected chi connectivity index (χ3v) is 4.96. The molecular formula is C15H20N4OS. The molecule has 0 N–H and O–H groups in total. The number of carbonyl (C=O) groups excluding carboxylic acids is 1. The molecule has 2 aromatic heterocycles. The van der Waals surface area contributed by atoms with Crippen LogP contribution in [-0.4, -0.2) is 38.9 Å². The minimum atomic E-state index is 0.100. The second-order valence-electron chi connectivity index (χ2n) is 5.56. The van der Waals surface area contributed by atoms with Crippen molar-refractivity contribution in [2.24, 2.45) is 5.92 Å². The molecule has 1 amide bonds. The van der Waals surface area contributed by atoms with Crippen LogP contribution >= 0.6 is 11.3 Å². The van der Waals surface area contributed by atoms with Crippen molar-refractivity contribution >= 4 is 17.2 Å². The highest BCUT2D eigenvalue weighted by Gasteiger charge is 2.24. The molecule has 0 spiro atoms. The summed E-state index contributed by atoms with van der Waals surface area (Å²) in [5.74, 6) is 1.73. The number of nitrogens with zero attached hydrogens (tertiary/aromatic N) is 4. The standard InChI is InChI=1S/C15H20N4OS/c1-3-12-14(21-10-17-12)15(20)18(2)9-11-4-6-19-7-5-16-13(19)8-11/h5,7,10-11H,3-4,6,8-9H2,1-2H3/t11-/m1/s1. The molecule has 0 aliphatic carbocycles. The molecule has 0 unspecified atom stereocenters. The zero-order chi connectivity index (χ0) is 14.8. The van der Waals surface area contributed by atoms with Gasteiger partial charge in [-0.15, -0.1) is 11.3 Å². The SMILES string of the molecule is CCc1ncsc1C(=O)N(C)C[C@@H]1CCn2ccnc2C1. The predicted molar refractivity (Wildman–Crippen MR) is 82.5 cm³/mol. The number of aromatic nitrogens is 3. The number of hydrogen-bond acceptors (Lipinski definition) is 4. The maximum absolute atomic E-state index is 12.5. The molecule has 1 aliphatic heterocycles. The van der Waals surface area contributed by atoms with Crippen molar-refractivity contribution in [1.82, 2.24) is 19.4 Å². The van der Waals surface area contributed by atoms with Gasteiger partial charge in [-0.1, -0.05) is 6.92 Å². The fourth-order valence-corrected chi connectivity index (χ4v) is 3.79. The molecule has 0 bridgehead atoms. The van der Waals surface area contributed by atoms with Gasteiger partial charge >= 0.3 is 0 Å². The lowest BCUT2D eigenvalue weighted by atomic mass is 9.97. The first kappa shape index (κ1) is 14.3. The van der Waals surface area contributed by atoms with Gasteiger partial charge in [0.05, 0.1) is 11.2 Å². The van der Waals surface area contributed by atoms with Gasteiger partial charge < -0.3 is 9.47 Å². The van der Waals surface area contributed by atoms with Gasteiger partial charge in [-0.25, -0.2) is 9.97 Å². The monoisotopic (exact) mass is 304 g/mol. The fraction of sp³-hybridized carbons (Fsp3) is 0.533. The van der Waals surface area contributed by atoms with Crippen molar-refractivity contribution < 1.29 is 4.79 Å². The lowest BCUT2D eigenvalue weighted by Gasteiger charge is -2.27. The summed E-state index contributed by atoms with van der Waals surface area (Å²) < 4.78 is 2.21. The van der Waals surface area contributed by atoms with E-state index in [4.69, 9.17) is 0 Å². The molecule has 112 valence electrons. The Morgan fingerprint density at radius 2 is 2.38 bits per heavy atom. The van der Waals surface area contributed by atoms with Crippen LogP contribution in [0, 0.1) is 5.92 Å². The van der Waals surface area contributed by atoms with Gasteiger partial charge in [-0.05, 0) is 18.8 Å². The Labute approximate surface area is 128 Å². The van der Waals surface area contributed by atoms with Crippen molar-refractivity contribution in [3.63, 3.8) is 0 Å². The Morgan fingerprint density at radius 1 is 1.52 bits per heavy atom. The lowest BCUT2D eigenvalue weighted by molar-refractivity contribution is 0.0767. The first-order chi connectivity index (χ1) is 10.2. The van der Waals surface area contributed by atoms with Gasteiger partial charge in [-0.2, -0.15) is 0 Å². The van der Waals surface area contributed by atoms with E-state index in [2.05, 4.69) is 14.5 Å². The van der Waals surface area contributed by atoms with Gasteiger partial charge in [-0.3, -0.25) is 4.79 Å². The summed E-state index contributed by atoms with van der Waals surface area (Å²) in [6, 6.07) is 0. The molecule has 0 aromatic carbocycles. The minimum absolute atomic E-state index is 0.100. The van der Waals surface area contributed by atoms with Gasteiger partial charge in [0.15, 0.2) is 0 Å². The number of amides is 1. The van der Waals surface area contributed by atoms with Crippen LogP contribution in [0.2, 0.25) is 0 Å². The molecule has 0 radical (unpaired) electrons. The fourth-order valence-electron chi connectivity index (χ4n) is 2.91. The maximum atomic E-state index is 12.5. The average molecular weight is 304 g/mol. The van der Waals surface area contributed by atoms with Crippen molar-refractivity contribution in [2.75, 3.05) is 13.6 Å². The number of rotatable bonds is 4. The van der Waals surface area contributed by atoms with E-state index in [-0.39, 0.29) is 5.91 Å². The first-order valence-corrected chi connectivity index (χ1v) is 8.24. The van der Waals surface area contributed by atoms with E-state index in [0.717, 1.165) is 48.7 Å². The van der Waals surface area contributed by atoms with E-state index < -0.39 is 0 Å². The summed E-state index contributed by atoms with van der Waals surface area (Å²) in [7, 11) is 1.89. The topological polar surface area (TPSA) is 51.0 Å². The van der Waals surface area contributed by atoms with Gasteiger partial charge in [0, 0.05) is 39.0 Å². The van der Waals surface area contributed by atoms with Crippen molar-refractivity contribution in [3.8, 4) is 0 Å². The number of fused-ring (bicyclic) bond motifs is 1. The van der Waals surface area contributed by atoms with E-state index in [1.54, 1.807) is 5.51 Å². The molecule has 1 aliphatic rings. The highest BCUT2D eigenvalue weighted by atomic mass is 32.1. The van der Waals surface area contributed by atoms with Gasteiger partial charge in [0.25, 0.3) is 5.91 Å². The molecule has 0 saturated carbocycles. The van der Waals surface area contributed by atoms with Crippen LogP contribution in [0.25, 0.3) is 0 Å². The van der Waals surface area contributed by atoms with Crippen LogP contribution in [0.1, 0.15) is 34.5 Å². The molecular weight excluding hydrogens is 284 g/mol. The first-order valence-electron chi connectivity index (χ1n) is 7.36. The van der Waals surface area contributed by atoms with Crippen LogP contribution in [0.4, 0.5) is 0 Å². The summed E-state index contributed by atoms with van der Waals surface area (Å²) in [5.41, 5.74) is 2.67. The van der Waals surface area contributed by atoms with Crippen molar-refractivity contribution in [3.05, 3.63) is 34.3 Å². The quantitative estimate of drug-likeness (QED) is 0.870. The molecule has 3 rings (SSSR count). The summed E-state index contributed by atoms with van der Waals surface area (Å²) in [6.45, 7) is 3.82. The van der Waals surface area contributed by atoms with Crippen molar-refractivity contribution in [2.45, 2.75) is 32.7 Å². The van der Waals surface area contributed by atoms with Crippen LogP contribution in [0.15, 0.2) is 17.9 Å². The van der Waals surface area contributed by atoms with Gasteiger partial charge in [0.1, 0.15) is 10.7 Å². The Bertz CT molecular complexity index is 633. The zero-order valence-corrected chi connectivity index (χ0v) is 13.3. The van der Waals surface area contributed by atoms with Crippen LogP contribution in [-0.2, 0) is 19.4 Å². The van der Waals surface area contributed by atoms with Gasteiger partial charge in [0.2, 0.25) is 0 Å². The van der Waals surface area contributed by atoms with E-state index in [1.807, 2.05) is 31.3 Å². The predicted octanol–water partition coefficient (Wildman–Crippen LogP) is 2.24. The Hall–Kier alpha value is -1.69. The van der Waals surface area contributed by atoms with Crippen LogP contribution in [0.5, 0.6) is 0 Å². The van der Waals surface area contributed by atoms with E-state index in [0.29, 0.717) is 5.92 Å². The third kappa shape index (κ3) is 2.85. The highest BCUT2D eigenvalue weighted by Crippen LogP contribution is 2.22. The number of aryl methyl sites for hydroxylation is 2. The van der Waals surface area contributed by atoms with Crippen LogP contribution < -0.4 is 0 Å². The summed E-state index contributed by atoms with van der Waals surface area (Å²) in [4.78, 5) is 23.8. The van der Waals surface area contributed by atoms with E-state index in [1.165, 1.54) is 11.3 Å². The number of imidazole rings is 1. The molecule has 0 fully saturated rings. The third-order valence-electron chi connectivity index (χ3n) is 4.10. The molecule has 0 saturated heterocycles. The molecule has 5 nitrogen and oxygen atoms in total. The average Bonchev–Trinajstić information content (AvgIpc) is 3.14. The molecule has 2 aromatic rings. The lowest BCUT2D eigenvalue weighted by Crippen LogP contribution is -2.35. The minimum Gasteiger partial charge on any atom is -0.341 e. The van der Waals surface area contributed by atoms with Crippen LogP contribution in [0.3, 0.4) is 0 Å². The zero-order valence-electron chi connectivity index (χ0n) is 12.5. The summed E-state index contributed by atoms with van der Waals surface area (Å²) in [5, 5.41) is 0. The molecule has 21 heavy (non-hydrogen) atoms. The largest absolute Gasteiger partial charge is 0.341 e. The number of thiazole rings is 1.